The predicted octanol–water partition coefficient (Wildman–Crippen LogP) is -0.188. The number of hydrogen-bond donors (Lipinski definition) is 1. The topological polar surface area (TPSA) is 101 Å². The number of aromatic nitrogens is 3. The molecule has 0 fully saturated rings. The van der Waals surface area contributed by atoms with Crippen LogP contribution in [-0.2, 0) is 0 Å². The molecule has 80 valence electrons. The van der Waals surface area contributed by atoms with Crippen LogP contribution in [0.25, 0.3) is 0 Å². The third kappa shape index (κ3) is 2.95. The number of ether oxygens (including phenoxy) is 1. The SMILES string of the molecule is COc1nc(N)nc(N(C)CCC#N)n1. The largest absolute Gasteiger partial charge is 0.467 e. The molecule has 15 heavy (non-hydrogen) atoms. The van der Waals surface area contributed by atoms with Crippen LogP contribution in [0.15, 0.2) is 0 Å². The number of nitrogens with two attached hydrogens (primary N) is 1. The van der Waals surface area contributed by atoms with Crippen LogP contribution in [0.4, 0.5) is 11.9 Å². The third-order valence-corrected chi connectivity index (χ3v) is 1.70. The Morgan fingerprint density at radius 1 is 1.47 bits per heavy atom. The van der Waals surface area contributed by atoms with Crippen LogP contribution in [0.3, 0.4) is 0 Å². The fourth-order valence-electron chi connectivity index (χ4n) is 0.941. The van der Waals surface area contributed by atoms with E-state index >= 15 is 0 Å². The van der Waals surface area contributed by atoms with Crippen molar-refractivity contribution in [3.63, 3.8) is 0 Å². The summed E-state index contributed by atoms with van der Waals surface area (Å²) in [7, 11) is 3.22. The molecule has 0 amide bonds. The van der Waals surface area contributed by atoms with Gasteiger partial charge in [0.05, 0.1) is 19.6 Å². The lowest BCUT2D eigenvalue weighted by atomic mass is 10.4. The molecule has 0 saturated carbocycles. The molecule has 1 aromatic heterocycles. The summed E-state index contributed by atoms with van der Waals surface area (Å²) >= 11 is 0. The van der Waals surface area contributed by atoms with Gasteiger partial charge < -0.3 is 15.4 Å². The van der Waals surface area contributed by atoms with Crippen LogP contribution >= 0.6 is 0 Å². The van der Waals surface area contributed by atoms with Gasteiger partial charge in [0.1, 0.15) is 0 Å². The Morgan fingerprint density at radius 3 is 2.80 bits per heavy atom. The van der Waals surface area contributed by atoms with Crippen molar-refractivity contribution >= 4 is 11.9 Å². The van der Waals surface area contributed by atoms with Gasteiger partial charge in [-0.1, -0.05) is 0 Å². The van der Waals surface area contributed by atoms with E-state index in [1.54, 1.807) is 11.9 Å². The molecule has 0 spiro atoms. The molecule has 0 aliphatic carbocycles. The van der Waals surface area contributed by atoms with Crippen LogP contribution in [0, 0.1) is 11.3 Å². The molecular weight excluding hydrogens is 196 g/mol. The number of methoxy groups -OCH3 is 1. The van der Waals surface area contributed by atoms with Crippen LogP contribution < -0.4 is 15.4 Å². The fraction of sp³-hybridized carbons (Fsp3) is 0.500. The number of hydrogen-bond acceptors (Lipinski definition) is 7. The number of nitrogens with zero attached hydrogens (tertiary/aromatic N) is 5. The van der Waals surface area contributed by atoms with Crippen molar-refractivity contribution in [1.82, 2.24) is 15.0 Å². The van der Waals surface area contributed by atoms with Crippen molar-refractivity contribution in [2.45, 2.75) is 6.42 Å². The standard InChI is InChI=1S/C8H12N6O/c1-14(5-3-4-9)7-11-6(10)12-8(13-7)15-2/h3,5H2,1-2H3,(H2,10,11,12,13). The maximum atomic E-state index is 8.44. The highest BCUT2D eigenvalue weighted by atomic mass is 16.5. The number of rotatable bonds is 4. The van der Waals surface area contributed by atoms with Gasteiger partial charge in [0.15, 0.2) is 0 Å². The lowest BCUT2D eigenvalue weighted by molar-refractivity contribution is 0.379. The second-order valence-corrected chi connectivity index (χ2v) is 2.81. The lowest BCUT2D eigenvalue weighted by Crippen LogP contribution is -2.21. The summed E-state index contributed by atoms with van der Waals surface area (Å²) in [6.07, 6.45) is 0.393. The third-order valence-electron chi connectivity index (χ3n) is 1.70. The highest BCUT2D eigenvalue weighted by Crippen LogP contribution is 2.11. The van der Waals surface area contributed by atoms with Gasteiger partial charge in [0.2, 0.25) is 11.9 Å². The highest BCUT2D eigenvalue weighted by molar-refractivity contribution is 5.34. The molecule has 2 N–H and O–H groups in total. The van der Waals surface area contributed by atoms with E-state index in [9.17, 15) is 0 Å². The van der Waals surface area contributed by atoms with Crippen LogP contribution in [0.2, 0.25) is 0 Å². The summed E-state index contributed by atoms with van der Waals surface area (Å²) in [6.45, 7) is 0.531. The van der Waals surface area contributed by atoms with E-state index in [2.05, 4.69) is 15.0 Å². The molecule has 0 aliphatic rings. The first-order chi connectivity index (χ1) is 7.17. The van der Waals surface area contributed by atoms with E-state index in [0.29, 0.717) is 18.9 Å². The first-order valence-corrected chi connectivity index (χ1v) is 4.31. The van der Waals surface area contributed by atoms with E-state index in [1.807, 2.05) is 6.07 Å². The van der Waals surface area contributed by atoms with Gasteiger partial charge in [0.25, 0.3) is 0 Å². The normalized spacial score (nSPS) is 9.40. The zero-order valence-electron chi connectivity index (χ0n) is 8.64. The van der Waals surface area contributed by atoms with Gasteiger partial charge in [-0.2, -0.15) is 20.2 Å². The fourth-order valence-corrected chi connectivity index (χ4v) is 0.941. The molecule has 7 heteroatoms. The van der Waals surface area contributed by atoms with E-state index in [0.717, 1.165) is 0 Å². The second kappa shape index (κ2) is 4.95. The number of anilines is 2. The average Bonchev–Trinajstić information content (AvgIpc) is 2.24. The van der Waals surface area contributed by atoms with Gasteiger partial charge in [-0.15, -0.1) is 0 Å². The molecule has 7 nitrogen and oxygen atoms in total. The summed E-state index contributed by atoms with van der Waals surface area (Å²) in [5.74, 6) is 0.496. The van der Waals surface area contributed by atoms with Gasteiger partial charge in [0, 0.05) is 13.6 Å². The zero-order chi connectivity index (χ0) is 11.3. The van der Waals surface area contributed by atoms with Crippen LogP contribution in [0.5, 0.6) is 6.01 Å². The predicted molar refractivity (Wildman–Crippen MR) is 54.3 cm³/mol. The Hall–Kier alpha value is -2.10. The van der Waals surface area contributed by atoms with Crippen molar-refractivity contribution in [3.05, 3.63) is 0 Å². The summed E-state index contributed by atoms with van der Waals surface area (Å²) in [5.41, 5.74) is 5.47. The van der Waals surface area contributed by atoms with E-state index < -0.39 is 0 Å². The maximum absolute atomic E-state index is 8.44. The Bertz CT molecular complexity index is 374. The number of nitriles is 1. The van der Waals surface area contributed by atoms with Gasteiger partial charge >= 0.3 is 6.01 Å². The summed E-state index contributed by atoms with van der Waals surface area (Å²) in [6, 6.07) is 2.20. The molecule has 0 aliphatic heterocycles. The molecular formula is C8H12N6O. The molecule has 0 radical (unpaired) electrons. The zero-order valence-corrected chi connectivity index (χ0v) is 8.64. The number of nitrogen functional groups attached to an aromatic ring is 1. The summed E-state index contributed by atoms with van der Waals surface area (Å²) in [5, 5.41) is 8.44. The Morgan fingerprint density at radius 2 is 2.20 bits per heavy atom. The first kappa shape index (κ1) is 11.0. The van der Waals surface area contributed by atoms with Crippen molar-refractivity contribution in [1.29, 1.82) is 5.26 Å². The average molecular weight is 208 g/mol. The smallest absolute Gasteiger partial charge is 0.322 e. The first-order valence-electron chi connectivity index (χ1n) is 4.31. The molecule has 1 heterocycles. The molecule has 0 atom stereocenters. The minimum atomic E-state index is 0.0978. The molecule has 1 aromatic rings. The maximum Gasteiger partial charge on any atom is 0.322 e. The van der Waals surface area contributed by atoms with E-state index in [4.69, 9.17) is 15.7 Å². The van der Waals surface area contributed by atoms with Gasteiger partial charge in [-0.05, 0) is 0 Å². The molecule has 0 unspecified atom stereocenters. The van der Waals surface area contributed by atoms with Crippen molar-refractivity contribution < 1.29 is 4.74 Å². The van der Waals surface area contributed by atoms with Gasteiger partial charge in [-0.3, -0.25) is 0 Å². The van der Waals surface area contributed by atoms with Crippen molar-refractivity contribution in [2.24, 2.45) is 0 Å². The second-order valence-electron chi connectivity index (χ2n) is 2.81. The minimum Gasteiger partial charge on any atom is -0.467 e. The Balaban J connectivity index is 2.84. The quantitative estimate of drug-likeness (QED) is 0.731. The highest BCUT2D eigenvalue weighted by Gasteiger charge is 2.08. The van der Waals surface area contributed by atoms with Crippen LogP contribution in [0.1, 0.15) is 6.42 Å². The van der Waals surface area contributed by atoms with Gasteiger partial charge in [-0.25, -0.2) is 0 Å². The Labute approximate surface area is 87.5 Å². The minimum absolute atomic E-state index is 0.0978. The monoisotopic (exact) mass is 208 g/mol. The molecule has 1 rings (SSSR count). The van der Waals surface area contributed by atoms with Crippen molar-refractivity contribution in [2.75, 3.05) is 31.3 Å². The Kier molecular flexibility index (Phi) is 3.62. The van der Waals surface area contributed by atoms with E-state index in [-0.39, 0.29) is 12.0 Å². The molecule has 0 saturated heterocycles. The van der Waals surface area contributed by atoms with Crippen LogP contribution in [-0.4, -0.2) is 35.7 Å². The summed E-state index contributed by atoms with van der Waals surface area (Å²) in [4.78, 5) is 13.4. The summed E-state index contributed by atoms with van der Waals surface area (Å²) < 4.78 is 4.86. The molecule has 0 bridgehead atoms. The molecule has 0 aromatic carbocycles. The van der Waals surface area contributed by atoms with Crippen molar-refractivity contribution in [3.8, 4) is 12.1 Å². The lowest BCUT2D eigenvalue weighted by Gasteiger charge is -2.15. The van der Waals surface area contributed by atoms with E-state index in [1.165, 1.54) is 7.11 Å².